The molecule has 8 nitrogen and oxygen atoms in total. The number of carbonyl (C=O) groups is 2. The second-order valence-corrected chi connectivity index (χ2v) is 11.2. The summed E-state index contributed by atoms with van der Waals surface area (Å²) in [5.74, 6) is -1.25. The fourth-order valence-corrected chi connectivity index (χ4v) is 5.93. The molecule has 9 heteroatoms. The molecule has 0 saturated carbocycles. The fourth-order valence-electron chi connectivity index (χ4n) is 4.12. The molecule has 0 saturated heterocycles. The number of aryl methyl sites for hydroxylation is 3. The Morgan fingerprint density at radius 1 is 1.09 bits per heavy atom. The van der Waals surface area contributed by atoms with Gasteiger partial charge in [0.05, 0.1) is 10.4 Å². The van der Waals surface area contributed by atoms with Crippen molar-refractivity contribution in [3.05, 3.63) is 64.8 Å². The molecule has 1 heterocycles. The number of benzene rings is 2. The molecule has 0 aliphatic rings. The topological polar surface area (TPSA) is 115 Å². The van der Waals surface area contributed by atoms with Crippen molar-refractivity contribution in [1.29, 1.82) is 0 Å². The predicted molar refractivity (Wildman–Crippen MR) is 130 cm³/mol. The van der Waals surface area contributed by atoms with E-state index in [9.17, 15) is 23.1 Å². The first kappa shape index (κ1) is 25.3. The zero-order valence-corrected chi connectivity index (χ0v) is 21.0. The highest BCUT2D eigenvalue weighted by molar-refractivity contribution is 7.90. The Labute approximate surface area is 199 Å². The molecule has 0 bridgehead atoms. The van der Waals surface area contributed by atoms with Gasteiger partial charge in [-0.15, -0.1) is 0 Å². The largest absolute Gasteiger partial charge is 0.480 e. The molecule has 0 radical (unpaired) electrons. The van der Waals surface area contributed by atoms with Crippen LogP contribution in [0.1, 0.15) is 43.0 Å². The number of hydrogen-bond acceptors (Lipinski definition) is 5. The molecule has 3 aromatic rings. The normalized spacial score (nSPS) is 13.0. The smallest absolute Gasteiger partial charge is 0.408 e. The van der Waals surface area contributed by atoms with Crippen LogP contribution in [-0.2, 0) is 26.0 Å². The average molecular weight is 487 g/mol. The van der Waals surface area contributed by atoms with Crippen molar-refractivity contribution in [2.45, 2.75) is 64.5 Å². The maximum atomic E-state index is 13.7. The number of nitrogens with zero attached hydrogens (tertiary/aromatic N) is 1. The highest BCUT2D eigenvalue weighted by atomic mass is 32.2. The first-order valence-corrected chi connectivity index (χ1v) is 12.3. The maximum absolute atomic E-state index is 13.7. The van der Waals surface area contributed by atoms with Crippen molar-refractivity contribution in [2.24, 2.45) is 0 Å². The minimum atomic E-state index is -3.97. The highest BCUT2D eigenvalue weighted by Gasteiger charge is 2.28. The van der Waals surface area contributed by atoms with Crippen LogP contribution in [0.5, 0.6) is 0 Å². The van der Waals surface area contributed by atoms with Crippen LogP contribution in [0.25, 0.3) is 10.9 Å². The van der Waals surface area contributed by atoms with E-state index in [0.717, 1.165) is 5.56 Å². The summed E-state index contributed by atoms with van der Waals surface area (Å²) < 4.78 is 33.8. The number of aromatic nitrogens is 1. The summed E-state index contributed by atoms with van der Waals surface area (Å²) in [5.41, 5.74) is 2.34. The van der Waals surface area contributed by atoms with Crippen molar-refractivity contribution in [3.8, 4) is 0 Å². The van der Waals surface area contributed by atoms with Gasteiger partial charge in [0.1, 0.15) is 11.6 Å². The fraction of sp³-hybridized carbons (Fsp3) is 0.360. The number of carbonyl (C=O) groups excluding carboxylic acids is 1. The number of hydrogen-bond donors (Lipinski definition) is 2. The Bertz CT molecular complexity index is 1340. The van der Waals surface area contributed by atoms with E-state index in [4.69, 9.17) is 4.74 Å². The third kappa shape index (κ3) is 5.25. The van der Waals surface area contributed by atoms with Crippen molar-refractivity contribution < 1.29 is 27.9 Å². The molecule has 0 aliphatic heterocycles. The van der Waals surface area contributed by atoms with Gasteiger partial charge in [-0.1, -0.05) is 35.9 Å². The van der Waals surface area contributed by atoms with E-state index in [1.54, 1.807) is 58.9 Å². The average Bonchev–Trinajstić information content (AvgIpc) is 3.04. The van der Waals surface area contributed by atoms with E-state index in [-0.39, 0.29) is 11.3 Å². The number of rotatable bonds is 6. The van der Waals surface area contributed by atoms with Crippen molar-refractivity contribution in [2.75, 3.05) is 0 Å². The number of ether oxygens (including phenoxy) is 1. The van der Waals surface area contributed by atoms with Crippen molar-refractivity contribution in [3.63, 3.8) is 0 Å². The molecule has 0 unspecified atom stereocenters. The summed E-state index contributed by atoms with van der Waals surface area (Å²) in [7, 11) is -3.97. The highest BCUT2D eigenvalue weighted by Crippen LogP contribution is 2.30. The molecule has 2 aromatic carbocycles. The Morgan fingerprint density at radius 3 is 2.24 bits per heavy atom. The van der Waals surface area contributed by atoms with Gasteiger partial charge in [0.25, 0.3) is 10.0 Å². The zero-order valence-electron chi connectivity index (χ0n) is 20.2. The Kier molecular flexibility index (Phi) is 6.80. The van der Waals surface area contributed by atoms with Gasteiger partial charge < -0.3 is 15.2 Å². The number of fused-ring (bicyclic) bond motifs is 1. The van der Waals surface area contributed by atoms with Crippen LogP contribution in [0.4, 0.5) is 4.79 Å². The standard InChI is InChI=1S/C25H30N2O6S/c1-15-11-16(2)22(17(3)12-15)34(31,32)27-14-18(19-9-7-8-10-21(19)27)13-20(23(28)29)26-24(30)33-25(4,5)6/h7-12,14,20H,13H2,1-6H3,(H,26,30)(H,28,29)/t20-/m1/s1. The van der Waals surface area contributed by atoms with Gasteiger partial charge in [-0.05, 0) is 64.3 Å². The van der Waals surface area contributed by atoms with Crippen LogP contribution in [0, 0.1) is 20.8 Å². The molecule has 1 amide bonds. The van der Waals surface area contributed by atoms with E-state index < -0.39 is 33.7 Å². The minimum absolute atomic E-state index is 0.122. The summed E-state index contributed by atoms with van der Waals surface area (Å²) in [6.45, 7) is 10.4. The van der Waals surface area contributed by atoms with E-state index >= 15 is 0 Å². The lowest BCUT2D eigenvalue weighted by Crippen LogP contribution is -2.44. The van der Waals surface area contributed by atoms with Gasteiger partial charge in [0.15, 0.2) is 0 Å². The number of amides is 1. The zero-order chi connectivity index (χ0) is 25.4. The Hall–Kier alpha value is -3.33. The van der Waals surface area contributed by atoms with Gasteiger partial charge in [0, 0.05) is 18.0 Å². The van der Waals surface area contributed by atoms with Crippen LogP contribution in [-0.4, -0.2) is 41.2 Å². The van der Waals surface area contributed by atoms with Crippen molar-refractivity contribution >= 4 is 33.0 Å². The molecule has 0 aliphatic carbocycles. The monoisotopic (exact) mass is 486 g/mol. The number of alkyl carbamates (subject to hydrolysis) is 1. The van der Waals surface area contributed by atoms with Gasteiger partial charge in [-0.2, -0.15) is 0 Å². The SMILES string of the molecule is Cc1cc(C)c(S(=O)(=O)n2cc(C[C@@H](NC(=O)OC(C)(C)C)C(=O)O)c3ccccc32)c(C)c1. The van der Waals surface area contributed by atoms with Gasteiger partial charge in [-0.3, -0.25) is 0 Å². The Balaban J connectivity index is 2.07. The summed E-state index contributed by atoms with van der Waals surface area (Å²) >= 11 is 0. The third-order valence-electron chi connectivity index (χ3n) is 5.30. The molecule has 0 fully saturated rings. The first-order chi connectivity index (χ1) is 15.7. The van der Waals surface area contributed by atoms with Gasteiger partial charge >= 0.3 is 12.1 Å². The summed E-state index contributed by atoms with van der Waals surface area (Å²) in [6.07, 6.45) is 0.455. The van der Waals surface area contributed by atoms with Crippen LogP contribution in [0.2, 0.25) is 0 Å². The number of nitrogens with one attached hydrogen (secondary N) is 1. The quantitative estimate of drug-likeness (QED) is 0.536. The molecule has 1 atom stereocenters. The minimum Gasteiger partial charge on any atom is -0.480 e. The summed E-state index contributed by atoms with van der Waals surface area (Å²) in [4.78, 5) is 24.3. The summed E-state index contributed by atoms with van der Waals surface area (Å²) in [5, 5.41) is 12.7. The number of carboxylic acids is 1. The molecular formula is C25H30N2O6S. The predicted octanol–water partition coefficient (Wildman–Crippen LogP) is 4.32. The second-order valence-electron chi connectivity index (χ2n) is 9.44. The molecule has 182 valence electrons. The van der Waals surface area contributed by atoms with Gasteiger partial charge in [0.2, 0.25) is 0 Å². The first-order valence-electron chi connectivity index (χ1n) is 10.9. The molecule has 0 spiro atoms. The lowest BCUT2D eigenvalue weighted by atomic mass is 10.1. The van der Waals surface area contributed by atoms with Crippen LogP contribution >= 0.6 is 0 Å². The molecule has 1 aromatic heterocycles. The van der Waals surface area contributed by atoms with E-state index in [0.29, 0.717) is 27.6 Å². The lowest BCUT2D eigenvalue weighted by Gasteiger charge is -2.22. The van der Waals surface area contributed by atoms with Crippen LogP contribution in [0.3, 0.4) is 0 Å². The van der Waals surface area contributed by atoms with E-state index in [1.807, 2.05) is 19.1 Å². The molecular weight excluding hydrogens is 456 g/mol. The van der Waals surface area contributed by atoms with Crippen LogP contribution < -0.4 is 5.32 Å². The van der Waals surface area contributed by atoms with E-state index in [2.05, 4.69) is 5.32 Å². The Morgan fingerprint density at radius 2 is 1.68 bits per heavy atom. The second kappa shape index (κ2) is 9.13. The van der Waals surface area contributed by atoms with Gasteiger partial charge in [-0.25, -0.2) is 22.0 Å². The van der Waals surface area contributed by atoms with E-state index in [1.165, 1.54) is 10.2 Å². The molecule has 2 N–H and O–H groups in total. The molecule has 3 rings (SSSR count). The number of carboxylic acid groups (broad SMARTS) is 1. The lowest BCUT2D eigenvalue weighted by molar-refractivity contribution is -0.139. The van der Waals surface area contributed by atoms with Crippen LogP contribution in [0.15, 0.2) is 47.5 Å². The molecule has 34 heavy (non-hydrogen) atoms. The third-order valence-corrected chi connectivity index (χ3v) is 7.28. The number of para-hydroxylation sites is 1. The maximum Gasteiger partial charge on any atom is 0.408 e. The van der Waals surface area contributed by atoms with Crippen molar-refractivity contribution in [1.82, 2.24) is 9.29 Å². The summed E-state index contributed by atoms with van der Waals surface area (Å²) in [6, 6.07) is 9.21. The number of aliphatic carboxylic acids is 1.